The first-order chi connectivity index (χ1) is 3.91. The van der Waals surface area contributed by atoms with Crippen LogP contribution >= 0.6 is 0 Å². The topological polar surface area (TPSA) is 9.23 Å². The summed E-state index contributed by atoms with van der Waals surface area (Å²) in [4.78, 5) is 0. The summed E-state index contributed by atoms with van der Waals surface area (Å²) in [7, 11) is 0. The van der Waals surface area contributed by atoms with Gasteiger partial charge in [-0.15, -0.1) is 0 Å². The second-order valence-electron chi connectivity index (χ2n) is 3.64. The zero-order valence-corrected chi connectivity index (χ0v) is 6.56. The van der Waals surface area contributed by atoms with Gasteiger partial charge in [-0.1, -0.05) is 12.2 Å². The van der Waals surface area contributed by atoms with E-state index in [0.29, 0.717) is 0 Å². The molecule has 1 nitrogen and oxygen atoms in total. The highest BCUT2D eigenvalue weighted by atomic mass is 16.5. The van der Waals surface area contributed by atoms with Crippen LogP contribution in [0, 0.1) is 0 Å². The van der Waals surface area contributed by atoms with Gasteiger partial charge in [-0.25, -0.2) is 0 Å². The van der Waals surface area contributed by atoms with Crippen LogP contribution in [0.15, 0.2) is 12.2 Å². The monoisotopic (exact) mass is 126 g/mol. The summed E-state index contributed by atoms with van der Waals surface area (Å²) in [6, 6.07) is 0. The minimum absolute atomic E-state index is 0.0521. The van der Waals surface area contributed by atoms with E-state index in [0.717, 1.165) is 0 Å². The fourth-order valence-electron chi connectivity index (χ4n) is 1.15. The van der Waals surface area contributed by atoms with Gasteiger partial charge in [0.2, 0.25) is 0 Å². The Labute approximate surface area is 56.7 Å². The number of ether oxygens (including phenoxy) is 1. The summed E-state index contributed by atoms with van der Waals surface area (Å²) in [6.07, 6.45) is 4.21. The highest BCUT2D eigenvalue weighted by Gasteiger charge is 2.30. The van der Waals surface area contributed by atoms with Crippen molar-refractivity contribution in [3.05, 3.63) is 12.2 Å². The first-order valence-electron chi connectivity index (χ1n) is 3.32. The van der Waals surface area contributed by atoms with Gasteiger partial charge in [-0.2, -0.15) is 0 Å². The van der Waals surface area contributed by atoms with E-state index in [2.05, 4.69) is 39.8 Å². The average Bonchev–Trinajstić information content (AvgIpc) is 1.78. The highest BCUT2D eigenvalue weighted by molar-refractivity contribution is 5.12. The van der Waals surface area contributed by atoms with Gasteiger partial charge in [0.1, 0.15) is 0 Å². The molecule has 1 rings (SSSR count). The van der Waals surface area contributed by atoms with Crippen molar-refractivity contribution in [1.82, 2.24) is 0 Å². The van der Waals surface area contributed by atoms with Crippen molar-refractivity contribution >= 4 is 0 Å². The van der Waals surface area contributed by atoms with Crippen LogP contribution in [-0.4, -0.2) is 11.2 Å². The second-order valence-corrected chi connectivity index (χ2v) is 3.64. The highest BCUT2D eigenvalue weighted by Crippen LogP contribution is 2.29. The Bertz CT molecular complexity index is 127. The van der Waals surface area contributed by atoms with Gasteiger partial charge in [0, 0.05) is 0 Å². The van der Waals surface area contributed by atoms with E-state index in [1.807, 2.05) is 0 Å². The SMILES string of the molecule is CC1(C)C=CC(C)(C)O1. The van der Waals surface area contributed by atoms with Crippen molar-refractivity contribution in [2.45, 2.75) is 38.9 Å². The Morgan fingerprint density at radius 2 is 1.22 bits per heavy atom. The maximum Gasteiger partial charge on any atom is 0.0819 e. The fraction of sp³-hybridized carbons (Fsp3) is 0.750. The molecular weight excluding hydrogens is 112 g/mol. The molecule has 0 fully saturated rings. The fourth-order valence-corrected chi connectivity index (χ4v) is 1.15. The summed E-state index contributed by atoms with van der Waals surface area (Å²) in [5.74, 6) is 0. The molecule has 0 aliphatic carbocycles. The third-order valence-electron chi connectivity index (χ3n) is 1.41. The van der Waals surface area contributed by atoms with Crippen LogP contribution in [0.5, 0.6) is 0 Å². The quantitative estimate of drug-likeness (QED) is 0.452. The van der Waals surface area contributed by atoms with Crippen molar-refractivity contribution in [3.8, 4) is 0 Å². The van der Waals surface area contributed by atoms with Crippen LogP contribution < -0.4 is 0 Å². The van der Waals surface area contributed by atoms with Crippen molar-refractivity contribution in [2.24, 2.45) is 0 Å². The molecule has 1 heteroatoms. The summed E-state index contributed by atoms with van der Waals surface area (Å²) >= 11 is 0. The van der Waals surface area contributed by atoms with E-state index < -0.39 is 0 Å². The summed E-state index contributed by atoms with van der Waals surface area (Å²) in [5, 5.41) is 0. The molecule has 1 aliphatic rings. The van der Waals surface area contributed by atoms with Crippen molar-refractivity contribution in [3.63, 3.8) is 0 Å². The Morgan fingerprint density at radius 3 is 1.33 bits per heavy atom. The van der Waals surface area contributed by atoms with Gasteiger partial charge in [-0.05, 0) is 27.7 Å². The lowest BCUT2D eigenvalue weighted by Gasteiger charge is -2.24. The summed E-state index contributed by atoms with van der Waals surface area (Å²) in [5.41, 5.74) is -0.104. The van der Waals surface area contributed by atoms with Crippen LogP contribution in [0.3, 0.4) is 0 Å². The molecule has 0 radical (unpaired) electrons. The molecular formula is C8H14O. The molecule has 1 heterocycles. The van der Waals surface area contributed by atoms with E-state index in [1.54, 1.807) is 0 Å². The van der Waals surface area contributed by atoms with Gasteiger partial charge >= 0.3 is 0 Å². The average molecular weight is 126 g/mol. The molecule has 0 saturated heterocycles. The summed E-state index contributed by atoms with van der Waals surface area (Å²) < 4.78 is 5.62. The maximum absolute atomic E-state index is 5.62. The molecule has 0 amide bonds. The molecule has 0 aromatic carbocycles. The van der Waals surface area contributed by atoms with E-state index in [1.165, 1.54) is 0 Å². The molecule has 1 aliphatic heterocycles. The molecule has 0 N–H and O–H groups in total. The van der Waals surface area contributed by atoms with E-state index >= 15 is 0 Å². The minimum atomic E-state index is -0.0521. The van der Waals surface area contributed by atoms with Crippen LogP contribution in [0.1, 0.15) is 27.7 Å². The number of rotatable bonds is 0. The largest absolute Gasteiger partial charge is 0.362 e. The molecule has 0 aromatic heterocycles. The molecule has 0 unspecified atom stereocenters. The lowest BCUT2D eigenvalue weighted by atomic mass is 10.1. The number of hydrogen-bond acceptors (Lipinski definition) is 1. The molecule has 0 spiro atoms. The van der Waals surface area contributed by atoms with Crippen molar-refractivity contribution < 1.29 is 4.74 Å². The van der Waals surface area contributed by atoms with Crippen LogP contribution in [0.25, 0.3) is 0 Å². The van der Waals surface area contributed by atoms with Gasteiger partial charge in [0.05, 0.1) is 11.2 Å². The van der Waals surface area contributed by atoms with E-state index in [-0.39, 0.29) is 11.2 Å². The first-order valence-corrected chi connectivity index (χ1v) is 3.32. The lowest BCUT2D eigenvalue weighted by molar-refractivity contribution is -0.0481. The number of hydrogen-bond donors (Lipinski definition) is 0. The first kappa shape index (κ1) is 6.81. The van der Waals surface area contributed by atoms with E-state index in [9.17, 15) is 0 Å². The predicted molar refractivity (Wildman–Crippen MR) is 38.4 cm³/mol. The standard InChI is InChI=1S/C8H14O/c1-7(2)5-6-8(3,4)9-7/h5-6H,1-4H3. The smallest absolute Gasteiger partial charge is 0.0819 e. The van der Waals surface area contributed by atoms with Crippen LogP contribution in [0.2, 0.25) is 0 Å². The van der Waals surface area contributed by atoms with Crippen molar-refractivity contribution in [2.75, 3.05) is 0 Å². The summed E-state index contributed by atoms with van der Waals surface area (Å²) in [6.45, 7) is 8.27. The molecule has 0 bridgehead atoms. The maximum atomic E-state index is 5.62. The molecule has 52 valence electrons. The second kappa shape index (κ2) is 1.60. The Kier molecular flexibility index (Phi) is 1.21. The van der Waals surface area contributed by atoms with Crippen molar-refractivity contribution in [1.29, 1.82) is 0 Å². The third-order valence-corrected chi connectivity index (χ3v) is 1.41. The van der Waals surface area contributed by atoms with Crippen LogP contribution in [0.4, 0.5) is 0 Å². The van der Waals surface area contributed by atoms with Crippen LogP contribution in [-0.2, 0) is 4.74 Å². The Balaban J connectivity index is 2.71. The van der Waals surface area contributed by atoms with Gasteiger partial charge in [-0.3, -0.25) is 0 Å². The van der Waals surface area contributed by atoms with Gasteiger partial charge < -0.3 is 4.74 Å². The lowest BCUT2D eigenvalue weighted by Crippen LogP contribution is -2.26. The van der Waals surface area contributed by atoms with Gasteiger partial charge in [0.25, 0.3) is 0 Å². The zero-order chi connectivity index (χ0) is 7.12. The Morgan fingerprint density at radius 1 is 0.889 bits per heavy atom. The third kappa shape index (κ3) is 1.55. The molecule has 0 atom stereocenters. The molecule has 0 saturated carbocycles. The Hall–Kier alpha value is -0.300. The normalized spacial score (nSPS) is 28.9. The van der Waals surface area contributed by atoms with E-state index in [4.69, 9.17) is 4.74 Å². The zero-order valence-electron chi connectivity index (χ0n) is 6.56. The van der Waals surface area contributed by atoms with Gasteiger partial charge in [0.15, 0.2) is 0 Å². The minimum Gasteiger partial charge on any atom is -0.362 e. The molecule has 9 heavy (non-hydrogen) atoms. The molecule has 0 aromatic rings. The predicted octanol–water partition coefficient (Wildman–Crippen LogP) is 2.13.